The fourth-order valence-corrected chi connectivity index (χ4v) is 2.95. The van der Waals surface area contributed by atoms with Crippen molar-refractivity contribution in [3.63, 3.8) is 0 Å². The third kappa shape index (κ3) is 3.61. The maximum absolute atomic E-state index is 12.1. The Kier molecular flexibility index (Phi) is 4.47. The summed E-state index contributed by atoms with van der Waals surface area (Å²) in [6.45, 7) is 3.75. The highest BCUT2D eigenvalue weighted by Crippen LogP contribution is 2.34. The number of carbonyl (C=O) groups is 1. The molecular weight excluding hydrogens is 298 g/mol. The summed E-state index contributed by atoms with van der Waals surface area (Å²) >= 11 is 0. The summed E-state index contributed by atoms with van der Waals surface area (Å²) < 4.78 is 5.34. The maximum atomic E-state index is 12.1. The fourth-order valence-electron chi connectivity index (χ4n) is 2.95. The summed E-state index contributed by atoms with van der Waals surface area (Å²) in [4.78, 5) is 26.3. The van der Waals surface area contributed by atoms with Gasteiger partial charge in [-0.1, -0.05) is 12.1 Å². The molecule has 23 heavy (non-hydrogen) atoms. The Morgan fingerprint density at radius 3 is 2.57 bits per heavy atom. The lowest BCUT2D eigenvalue weighted by atomic mass is 10.1. The van der Waals surface area contributed by atoms with Gasteiger partial charge >= 0.3 is 0 Å². The minimum absolute atomic E-state index is 0.135. The van der Waals surface area contributed by atoms with Crippen LogP contribution in [-0.4, -0.2) is 55.1 Å². The van der Waals surface area contributed by atoms with Crippen molar-refractivity contribution in [2.24, 2.45) is 5.92 Å². The zero-order valence-electron chi connectivity index (χ0n) is 13.2. The monoisotopic (exact) mass is 319 g/mol. The molecule has 1 aliphatic carbocycles. The van der Waals surface area contributed by atoms with Crippen molar-refractivity contribution in [3.05, 3.63) is 39.9 Å². The van der Waals surface area contributed by atoms with E-state index in [1.165, 1.54) is 0 Å². The average Bonchev–Trinajstić information content (AvgIpc) is 3.36. The first kappa shape index (κ1) is 15.7. The van der Waals surface area contributed by atoms with Crippen LogP contribution in [0.15, 0.2) is 24.3 Å². The van der Waals surface area contributed by atoms with Crippen LogP contribution in [0.5, 0.6) is 0 Å². The molecule has 0 aromatic heterocycles. The van der Waals surface area contributed by atoms with Crippen molar-refractivity contribution < 1.29 is 14.5 Å². The number of anilines is 1. The zero-order valence-corrected chi connectivity index (χ0v) is 13.2. The van der Waals surface area contributed by atoms with Gasteiger partial charge in [0.1, 0.15) is 5.92 Å². The van der Waals surface area contributed by atoms with E-state index in [1.807, 2.05) is 12.1 Å². The molecule has 0 bridgehead atoms. The van der Waals surface area contributed by atoms with Crippen molar-refractivity contribution in [2.45, 2.75) is 19.0 Å². The largest absolute Gasteiger partial charge is 0.378 e. The van der Waals surface area contributed by atoms with Crippen LogP contribution in [0.25, 0.3) is 0 Å². The molecule has 1 saturated heterocycles. The molecule has 0 N–H and O–H groups in total. The first-order valence-corrected chi connectivity index (χ1v) is 7.86. The molecule has 0 radical (unpaired) electrons. The van der Waals surface area contributed by atoms with Gasteiger partial charge in [0.25, 0.3) is 0 Å². The van der Waals surface area contributed by atoms with Gasteiger partial charge in [-0.15, -0.1) is 0 Å². The Bertz CT molecular complexity index is 583. The Labute approximate surface area is 135 Å². The quantitative estimate of drug-likeness (QED) is 0.601. The summed E-state index contributed by atoms with van der Waals surface area (Å²) in [6, 6.07) is 7.43. The molecule has 7 nitrogen and oxygen atoms in total. The Morgan fingerprint density at radius 2 is 2.00 bits per heavy atom. The van der Waals surface area contributed by atoms with Gasteiger partial charge in [0.05, 0.1) is 13.2 Å². The standard InChI is InChI=1S/C16H21N3O4/c1-17(16(20)14-10-15(14)19(21)22)11-12-2-4-13(5-3-12)18-6-8-23-9-7-18/h2-5,14-15H,6-11H2,1H3/t14-,15-/m1/s1. The highest BCUT2D eigenvalue weighted by molar-refractivity contribution is 5.81. The molecule has 1 aromatic carbocycles. The Hall–Kier alpha value is -2.15. The van der Waals surface area contributed by atoms with Crippen molar-refractivity contribution >= 4 is 11.6 Å². The van der Waals surface area contributed by atoms with Gasteiger partial charge in [0.15, 0.2) is 0 Å². The van der Waals surface area contributed by atoms with Gasteiger partial charge in [-0.2, -0.15) is 0 Å². The molecule has 0 unspecified atom stereocenters. The molecule has 2 aliphatic rings. The number of hydrogen-bond donors (Lipinski definition) is 0. The summed E-state index contributed by atoms with van der Waals surface area (Å²) in [5.41, 5.74) is 2.18. The van der Waals surface area contributed by atoms with Gasteiger partial charge in [-0.25, -0.2) is 0 Å². The molecule has 2 atom stereocenters. The summed E-state index contributed by atoms with van der Waals surface area (Å²) in [7, 11) is 1.70. The molecule has 0 spiro atoms. The van der Waals surface area contributed by atoms with Crippen molar-refractivity contribution in [2.75, 3.05) is 38.3 Å². The molecule has 1 amide bonds. The van der Waals surface area contributed by atoms with Gasteiger partial charge < -0.3 is 14.5 Å². The Balaban J connectivity index is 1.55. The van der Waals surface area contributed by atoms with E-state index in [0.29, 0.717) is 13.0 Å². The molecule has 2 fully saturated rings. The van der Waals surface area contributed by atoms with Crippen LogP contribution in [0.3, 0.4) is 0 Å². The van der Waals surface area contributed by atoms with E-state index in [1.54, 1.807) is 11.9 Å². The number of morpholine rings is 1. The van der Waals surface area contributed by atoms with Crippen molar-refractivity contribution in [1.82, 2.24) is 4.90 Å². The summed E-state index contributed by atoms with van der Waals surface area (Å²) in [5.74, 6) is -0.577. The van der Waals surface area contributed by atoms with Crippen LogP contribution < -0.4 is 4.90 Å². The van der Waals surface area contributed by atoms with E-state index in [9.17, 15) is 14.9 Å². The second-order valence-corrected chi connectivity index (χ2v) is 6.16. The number of nitro groups is 1. The number of rotatable bonds is 5. The molecule has 124 valence electrons. The fraction of sp³-hybridized carbons (Fsp3) is 0.562. The predicted molar refractivity (Wildman–Crippen MR) is 84.8 cm³/mol. The van der Waals surface area contributed by atoms with Crippen molar-refractivity contribution in [3.8, 4) is 0 Å². The van der Waals surface area contributed by atoms with Crippen molar-refractivity contribution in [1.29, 1.82) is 0 Å². The first-order chi connectivity index (χ1) is 11.1. The Morgan fingerprint density at radius 1 is 1.35 bits per heavy atom. The lowest BCUT2D eigenvalue weighted by Crippen LogP contribution is -2.36. The summed E-state index contributed by atoms with van der Waals surface area (Å²) in [6.07, 6.45) is 0.367. The van der Waals surface area contributed by atoms with E-state index in [0.717, 1.165) is 37.6 Å². The van der Waals surface area contributed by atoms with Crippen LogP contribution in [-0.2, 0) is 16.1 Å². The third-order valence-electron chi connectivity index (χ3n) is 4.45. The van der Waals surface area contributed by atoms with Gasteiger partial charge in [-0.05, 0) is 17.7 Å². The second kappa shape index (κ2) is 6.54. The molecule has 1 aromatic rings. The normalized spacial score (nSPS) is 23.4. The van der Waals surface area contributed by atoms with Gasteiger partial charge in [-0.3, -0.25) is 14.9 Å². The maximum Gasteiger partial charge on any atom is 0.232 e. The van der Waals surface area contributed by atoms with Crippen LogP contribution in [0.4, 0.5) is 5.69 Å². The van der Waals surface area contributed by atoms with Gasteiger partial charge in [0.2, 0.25) is 11.9 Å². The number of benzene rings is 1. The topological polar surface area (TPSA) is 75.9 Å². The molecule has 3 rings (SSSR count). The lowest BCUT2D eigenvalue weighted by molar-refractivity contribution is -0.497. The van der Waals surface area contributed by atoms with Gasteiger partial charge in [0, 0.05) is 43.7 Å². The number of hydrogen-bond acceptors (Lipinski definition) is 5. The van der Waals surface area contributed by atoms with Crippen LogP contribution in [0.1, 0.15) is 12.0 Å². The van der Waals surface area contributed by atoms with E-state index >= 15 is 0 Å². The molecule has 7 heteroatoms. The minimum atomic E-state index is -0.686. The molecular formula is C16H21N3O4. The van der Waals surface area contributed by atoms with Crippen LogP contribution in [0.2, 0.25) is 0 Å². The second-order valence-electron chi connectivity index (χ2n) is 6.16. The summed E-state index contributed by atoms with van der Waals surface area (Å²) in [5, 5.41) is 10.7. The smallest absolute Gasteiger partial charge is 0.232 e. The van der Waals surface area contributed by atoms with Crippen LogP contribution in [0, 0.1) is 16.0 Å². The predicted octanol–water partition coefficient (Wildman–Crippen LogP) is 1.15. The number of amides is 1. The van der Waals surface area contributed by atoms with E-state index in [2.05, 4.69) is 17.0 Å². The third-order valence-corrected chi connectivity index (χ3v) is 4.45. The highest BCUT2D eigenvalue weighted by Gasteiger charge is 2.54. The number of nitrogens with zero attached hydrogens (tertiary/aromatic N) is 3. The van der Waals surface area contributed by atoms with E-state index in [-0.39, 0.29) is 10.8 Å². The SMILES string of the molecule is CN(Cc1ccc(N2CCOCC2)cc1)C(=O)[C@@H]1C[C@H]1[N+](=O)[O-]. The molecule has 1 aliphatic heterocycles. The molecule has 1 heterocycles. The van der Waals surface area contributed by atoms with E-state index < -0.39 is 12.0 Å². The first-order valence-electron chi connectivity index (χ1n) is 7.86. The van der Waals surface area contributed by atoms with E-state index in [4.69, 9.17) is 4.74 Å². The minimum Gasteiger partial charge on any atom is -0.378 e. The average molecular weight is 319 g/mol. The lowest BCUT2D eigenvalue weighted by Gasteiger charge is -2.29. The molecule has 1 saturated carbocycles. The number of ether oxygens (including phenoxy) is 1. The number of carbonyl (C=O) groups excluding carboxylic acids is 1. The highest BCUT2D eigenvalue weighted by atomic mass is 16.6. The zero-order chi connectivity index (χ0) is 16.4. The van der Waals surface area contributed by atoms with Crippen LogP contribution >= 0.6 is 0 Å².